The molecule has 3 saturated carbocycles. The van der Waals surface area contributed by atoms with E-state index in [4.69, 9.17) is 0 Å². The molecular formula is C20H20F2N6O2. The second-order valence-corrected chi connectivity index (χ2v) is 8.12. The Bertz CT molecular complexity index is 1110. The zero-order chi connectivity index (χ0) is 20.8. The molecule has 3 aromatic heterocycles. The monoisotopic (exact) mass is 414 g/mol. The number of nitrogens with one attached hydrogen (secondary N) is 2. The number of carboxylic acids is 1. The predicted molar refractivity (Wildman–Crippen MR) is 103 cm³/mol. The van der Waals surface area contributed by atoms with Crippen molar-refractivity contribution in [2.24, 2.45) is 17.8 Å². The third-order valence-corrected chi connectivity index (χ3v) is 6.45. The molecule has 0 aromatic carbocycles. The van der Waals surface area contributed by atoms with E-state index in [9.17, 15) is 18.7 Å². The minimum absolute atomic E-state index is 0.0139. The number of fused-ring (bicyclic) bond motifs is 4. The number of carbonyl (C=O) groups is 1. The summed E-state index contributed by atoms with van der Waals surface area (Å²) in [4.78, 5) is 23.6. The van der Waals surface area contributed by atoms with E-state index in [1.54, 1.807) is 0 Å². The fraction of sp³-hybridized carbons (Fsp3) is 0.450. The number of pyridine rings is 1. The summed E-state index contributed by atoms with van der Waals surface area (Å²) < 4.78 is 28.2. The number of aromatic amines is 1. The number of rotatable bonds is 5. The standard InChI is InChI=1S/C20H20F2N6O2/c21-11-5-13-17(27-28-18(13)23-7-11)20-24-8-14(22)19(26-20)25-16-10-3-1-9(2-4-10)12(16)6-15(29)30/h5,7-10,12,16H,1-4,6H2,(H,29,30)(H,23,27,28)(H,24,25,26)/t9?,10?,12-,16-/m0/s1. The van der Waals surface area contributed by atoms with Crippen molar-refractivity contribution >= 4 is 22.8 Å². The number of aromatic nitrogens is 5. The molecular weight excluding hydrogens is 394 g/mol. The molecule has 3 heterocycles. The van der Waals surface area contributed by atoms with Crippen LogP contribution >= 0.6 is 0 Å². The quantitative estimate of drug-likeness (QED) is 0.586. The summed E-state index contributed by atoms with van der Waals surface area (Å²) in [7, 11) is 0. The fourth-order valence-electron chi connectivity index (χ4n) is 5.09. The zero-order valence-corrected chi connectivity index (χ0v) is 16.0. The van der Waals surface area contributed by atoms with E-state index in [-0.39, 0.29) is 35.9 Å². The lowest BCUT2D eigenvalue weighted by Gasteiger charge is -2.48. The molecule has 0 unspecified atom stereocenters. The van der Waals surface area contributed by atoms with Crippen LogP contribution in [0.5, 0.6) is 0 Å². The number of nitrogens with zero attached hydrogens (tertiary/aromatic N) is 4. The van der Waals surface area contributed by atoms with Gasteiger partial charge in [-0.3, -0.25) is 9.89 Å². The van der Waals surface area contributed by atoms with E-state index in [0.717, 1.165) is 38.1 Å². The first-order valence-electron chi connectivity index (χ1n) is 10.0. The van der Waals surface area contributed by atoms with Crippen LogP contribution in [0.25, 0.3) is 22.6 Å². The largest absolute Gasteiger partial charge is 0.481 e. The van der Waals surface area contributed by atoms with E-state index in [2.05, 4.69) is 30.5 Å². The van der Waals surface area contributed by atoms with Crippen molar-refractivity contribution in [1.82, 2.24) is 25.1 Å². The molecule has 0 radical (unpaired) electrons. The van der Waals surface area contributed by atoms with Gasteiger partial charge >= 0.3 is 5.97 Å². The van der Waals surface area contributed by atoms with Crippen LogP contribution in [0.15, 0.2) is 18.5 Å². The van der Waals surface area contributed by atoms with Crippen molar-refractivity contribution in [2.75, 3.05) is 5.32 Å². The zero-order valence-electron chi connectivity index (χ0n) is 16.0. The molecule has 3 N–H and O–H groups in total. The van der Waals surface area contributed by atoms with Crippen molar-refractivity contribution in [2.45, 2.75) is 38.1 Å². The van der Waals surface area contributed by atoms with E-state index in [1.165, 1.54) is 6.07 Å². The maximum atomic E-state index is 14.6. The van der Waals surface area contributed by atoms with Gasteiger partial charge in [0.1, 0.15) is 11.5 Å². The van der Waals surface area contributed by atoms with Gasteiger partial charge in [-0.15, -0.1) is 0 Å². The van der Waals surface area contributed by atoms with Gasteiger partial charge in [0, 0.05) is 6.04 Å². The summed E-state index contributed by atoms with van der Waals surface area (Å²) in [5.41, 5.74) is 0.646. The first-order valence-corrected chi connectivity index (χ1v) is 10.0. The third-order valence-electron chi connectivity index (χ3n) is 6.45. The van der Waals surface area contributed by atoms with Gasteiger partial charge in [-0.2, -0.15) is 5.10 Å². The molecule has 30 heavy (non-hydrogen) atoms. The second-order valence-electron chi connectivity index (χ2n) is 8.12. The Kier molecular flexibility index (Phi) is 4.56. The normalized spacial score (nSPS) is 25.5. The molecule has 2 bridgehead atoms. The van der Waals surface area contributed by atoms with Gasteiger partial charge in [0.15, 0.2) is 23.1 Å². The summed E-state index contributed by atoms with van der Waals surface area (Å²) in [5, 5.41) is 19.7. The van der Waals surface area contributed by atoms with Crippen molar-refractivity contribution in [3.63, 3.8) is 0 Å². The maximum absolute atomic E-state index is 14.6. The highest BCUT2D eigenvalue weighted by molar-refractivity contribution is 5.88. The van der Waals surface area contributed by atoms with Gasteiger partial charge in [0.05, 0.1) is 24.2 Å². The summed E-state index contributed by atoms with van der Waals surface area (Å²) in [6, 6.07) is 1.10. The van der Waals surface area contributed by atoms with Gasteiger partial charge in [0.2, 0.25) is 0 Å². The third kappa shape index (κ3) is 3.25. The first-order chi connectivity index (χ1) is 14.5. The Morgan fingerprint density at radius 2 is 1.93 bits per heavy atom. The fourth-order valence-corrected chi connectivity index (χ4v) is 5.09. The van der Waals surface area contributed by atoms with E-state index >= 15 is 0 Å². The van der Waals surface area contributed by atoms with Gasteiger partial charge < -0.3 is 10.4 Å². The number of aliphatic carboxylic acids is 1. The molecule has 3 aromatic rings. The molecule has 8 nitrogen and oxygen atoms in total. The van der Waals surface area contributed by atoms with Crippen molar-refractivity contribution < 1.29 is 18.7 Å². The summed E-state index contributed by atoms with van der Waals surface area (Å²) in [6.07, 6.45) is 6.17. The summed E-state index contributed by atoms with van der Waals surface area (Å²) >= 11 is 0. The van der Waals surface area contributed by atoms with E-state index in [0.29, 0.717) is 22.6 Å². The smallest absolute Gasteiger partial charge is 0.303 e. The molecule has 0 aliphatic heterocycles. The molecule has 0 amide bonds. The van der Waals surface area contributed by atoms with E-state index in [1.807, 2.05) is 0 Å². The van der Waals surface area contributed by atoms with Crippen LogP contribution in [0.4, 0.5) is 14.6 Å². The van der Waals surface area contributed by atoms with Crippen molar-refractivity contribution in [3.8, 4) is 11.5 Å². The minimum Gasteiger partial charge on any atom is -0.481 e. The van der Waals surface area contributed by atoms with Crippen LogP contribution in [-0.4, -0.2) is 42.3 Å². The Hall–Kier alpha value is -3.17. The van der Waals surface area contributed by atoms with Crippen LogP contribution in [0.3, 0.4) is 0 Å². The SMILES string of the molecule is O=C(O)C[C@H]1C2CCC(CC2)[C@@H]1Nc1nc(-c2[nH]nc3ncc(F)cc23)ncc1F. The number of anilines is 1. The second kappa shape index (κ2) is 7.26. The lowest BCUT2D eigenvalue weighted by molar-refractivity contribution is -0.139. The van der Waals surface area contributed by atoms with Gasteiger partial charge in [-0.05, 0) is 49.5 Å². The summed E-state index contributed by atoms with van der Waals surface area (Å²) in [5.74, 6) is -1.30. The molecule has 0 spiro atoms. The highest BCUT2D eigenvalue weighted by atomic mass is 19.1. The molecule has 3 aliphatic carbocycles. The molecule has 10 heteroatoms. The average molecular weight is 414 g/mol. The molecule has 6 rings (SSSR count). The Balaban J connectivity index is 1.49. The molecule has 3 aliphatic rings. The Morgan fingerprint density at radius 3 is 2.70 bits per heavy atom. The van der Waals surface area contributed by atoms with Gasteiger partial charge in [0.25, 0.3) is 0 Å². The summed E-state index contributed by atoms with van der Waals surface area (Å²) in [6.45, 7) is 0. The highest BCUT2D eigenvalue weighted by Gasteiger charge is 2.44. The van der Waals surface area contributed by atoms with Crippen LogP contribution in [-0.2, 0) is 4.79 Å². The maximum Gasteiger partial charge on any atom is 0.303 e. The van der Waals surface area contributed by atoms with Crippen LogP contribution in [0.2, 0.25) is 0 Å². The molecule has 156 valence electrons. The highest BCUT2D eigenvalue weighted by Crippen LogP contribution is 2.47. The van der Waals surface area contributed by atoms with Crippen LogP contribution < -0.4 is 5.32 Å². The predicted octanol–water partition coefficient (Wildman–Crippen LogP) is 3.38. The van der Waals surface area contributed by atoms with Crippen LogP contribution in [0.1, 0.15) is 32.1 Å². The number of halogens is 2. The lowest BCUT2D eigenvalue weighted by atomic mass is 9.61. The number of carboxylic acid groups (broad SMARTS) is 1. The Labute approximate surface area is 170 Å². The molecule has 0 saturated heterocycles. The van der Waals surface area contributed by atoms with Crippen molar-refractivity contribution in [1.29, 1.82) is 0 Å². The topological polar surface area (TPSA) is 117 Å². The number of hydrogen-bond donors (Lipinski definition) is 3. The lowest BCUT2D eigenvalue weighted by Crippen LogP contribution is -2.49. The average Bonchev–Trinajstić information content (AvgIpc) is 3.14. The van der Waals surface area contributed by atoms with E-state index < -0.39 is 17.6 Å². The first kappa shape index (κ1) is 18.8. The van der Waals surface area contributed by atoms with Gasteiger partial charge in [-0.1, -0.05) is 0 Å². The van der Waals surface area contributed by atoms with Crippen molar-refractivity contribution in [3.05, 3.63) is 30.1 Å². The van der Waals surface area contributed by atoms with Gasteiger partial charge in [-0.25, -0.2) is 23.7 Å². The molecule has 2 atom stereocenters. The molecule has 3 fully saturated rings. The van der Waals surface area contributed by atoms with Crippen LogP contribution in [0, 0.1) is 29.4 Å². The minimum atomic E-state index is -0.846. The number of H-pyrrole nitrogens is 1. The Morgan fingerprint density at radius 1 is 1.17 bits per heavy atom. The number of hydrogen-bond acceptors (Lipinski definition) is 6.